The number of piperazine rings is 1. The summed E-state index contributed by atoms with van der Waals surface area (Å²) in [6, 6.07) is 7.30. The molecule has 1 aliphatic heterocycles. The van der Waals surface area contributed by atoms with E-state index >= 15 is 0 Å². The zero-order chi connectivity index (χ0) is 19.2. The van der Waals surface area contributed by atoms with Crippen LogP contribution in [0.25, 0.3) is 0 Å². The molecule has 0 saturated carbocycles. The van der Waals surface area contributed by atoms with Gasteiger partial charge in [-0.1, -0.05) is 19.1 Å². The number of hydrogen-bond acceptors (Lipinski definition) is 8. The zero-order valence-electron chi connectivity index (χ0n) is 15.6. The molecule has 0 aliphatic carbocycles. The van der Waals surface area contributed by atoms with Crippen LogP contribution in [0.4, 0.5) is 23.0 Å². The van der Waals surface area contributed by atoms with E-state index in [4.69, 9.17) is 4.74 Å². The van der Waals surface area contributed by atoms with Crippen LogP contribution in [-0.4, -0.2) is 59.1 Å². The molecule has 1 saturated heterocycles. The highest BCUT2D eigenvalue weighted by molar-refractivity contribution is 5.76. The molecule has 0 unspecified atom stereocenters. The van der Waals surface area contributed by atoms with Gasteiger partial charge in [0.2, 0.25) is 11.6 Å². The van der Waals surface area contributed by atoms with E-state index in [-0.39, 0.29) is 11.5 Å². The number of para-hydroxylation sites is 2. The first-order chi connectivity index (χ1) is 13.1. The zero-order valence-corrected chi connectivity index (χ0v) is 15.6. The Labute approximate surface area is 158 Å². The van der Waals surface area contributed by atoms with Crippen molar-refractivity contribution in [3.63, 3.8) is 0 Å². The van der Waals surface area contributed by atoms with E-state index in [9.17, 15) is 10.1 Å². The lowest BCUT2D eigenvalue weighted by atomic mass is 10.2. The van der Waals surface area contributed by atoms with Gasteiger partial charge in [-0.3, -0.25) is 10.1 Å². The van der Waals surface area contributed by atoms with Crippen molar-refractivity contribution in [3.8, 4) is 5.75 Å². The Kier molecular flexibility index (Phi) is 6.02. The number of hydrogen-bond donors (Lipinski definition) is 1. The van der Waals surface area contributed by atoms with Crippen molar-refractivity contribution in [3.05, 3.63) is 40.7 Å². The molecule has 9 heteroatoms. The molecule has 0 amide bonds. The summed E-state index contributed by atoms with van der Waals surface area (Å²) in [5, 5.41) is 14.9. The lowest BCUT2D eigenvalue weighted by Gasteiger charge is -2.34. The number of nitro groups is 1. The SMILES string of the molecule is CCOc1ccccc1Nc1ncnc(N2CCN(CC)CC2)c1[N+](=O)[O-]. The van der Waals surface area contributed by atoms with Gasteiger partial charge < -0.3 is 19.9 Å². The summed E-state index contributed by atoms with van der Waals surface area (Å²) in [6.45, 7) is 8.57. The van der Waals surface area contributed by atoms with Crippen molar-refractivity contribution in [2.24, 2.45) is 0 Å². The minimum atomic E-state index is -0.423. The van der Waals surface area contributed by atoms with Gasteiger partial charge in [-0.2, -0.15) is 0 Å². The first kappa shape index (κ1) is 18.8. The molecule has 0 radical (unpaired) electrons. The van der Waals surface area contributed by atoms with Crippen molar-refractivity contribution in [1.29, 1.82) is 0 Å². The Morgan fingerprint density at radius 1 is 1.19 bits per heavy atom. The lowest BCUT2D eigenvalue weighted by molar-refractivity contribution is -0.383. The van der Waals surface area contributed by atoms with Crippen LogP contribution in [0.2, 0.25) is 0 Å². The Hall–Kier alpha value is -2.94. The van der Waals surface area contributed by atoms with Crippen molar-refractivity contribution in [1.82, 2.24) is 14.9 Å². The molecule has 1 aromatic heterocycles. The van der Waals surface area contributed by atoms with Crippen LogP contribution in [0.5, 0.6) is 5.75 Å². The van der Waals surface area contributed by atoms with Gasteiger partial charge in [0.1, 0.15) is 12.1 Å². The van der Waals surface area contributed by atoms with Gasteiger partial charge >= 0.3 is 5.69 Å². The first-order valence-electron chi connectivity index (χ1n) is 9.09. The number of anilines is 3. The molecule has 27 heavy (non-hydrogen) atoms. The predicted octanol–water partition coefficient (Wildman–Crippen LogP) is 2.67. The fraction of sp³-hybridized carbons (Fsp3) is 0.444. The van der Waals surface area contributed by atoms with E-state index in [0.717, 1.165) is 19.6 Å². The summed E-state index contributed by atoms with van der Waals surface area (Å²) in [7, 11) is 0. The molecule has 1 aliphatic rings. The third-order valence-electron chi connectivity index (χ3n) is 4.54. The van der Waals surface area contributed by atoms with Crippen LogP contribution >= 0.6 is 0 Å². The highest BCUT2D eigenvalue weighted by Gasteiger charge is 2.29. The van der Waals surface area contributed by atoms with E-state index in [1.54, 1.807) is 6.07 Å². The fourth-order valence-electron chi connectivity index (χ4n) is 3.12. The molecule has 0 spiro atoms. The van der Waals surface area contributed by atoms with Crippen LogP contribution < -0.4 is 15.0 Å². The Balaban J connectivity index is 1.92. The van der Waals surface area contributed by atoms with E-state index in [0.29, 0.717) is 37.0 Å². The number of nitrogens with zero attached hydrogens (tertiary/aromatic N) is 5. The van der Waals surface area contributed by atoms with Crippen molar-refractivity contribution >= 4 is 23.0 Å². The van der Waals surface area contributed by atoms with Gasteiger partial charge in [-0.25, -0.2) is 9.97 Å². The van der Waals surface area contributed by atoms with Crippen LogP contribution in [0, 0.1) is 10.1 Å². The Morgan fingerprint density at radius 2 is 1.93 bits per heavy atom. The number of rotatable bonds is 7. The monoisotopic (exact) mass is 372 g/mol. The quantitative estimate of drug-likeness (QED) is 0.585. The summed E-state index contributed by atoms with van der Waals surface area (Å²) in [5.74, 6) is 1.13. The summed E-state index contributed by atoms with van der Waals surface area (Å²) < 4.78 is 5.59. The van der Waals surface area contributed by atoms with Gasteiger partial charge in [0.15, 0.2) is 0 Å². The summed E-state index contributed by atoms with van der Waals surface area (Å²) in [4.78, 5) is 24.0. The molecular weight excluding hydrogens is 348 g/mol. The van der Waals surface area contributed by atoms with Crippen LogP contribution in [0.1, 0.15) is 13.8 Å². The maximum absolute atomic E-state index is 11.8. The molecule has 1 aromatic carbocycles. The maximum atomic E-state index is 11.8. The van der Waals surface area contributed by atoms with E-state index in [1.807, 2.05) is 30.0 Å². The lowest BCUT2D eigenvalue weighted by Crippen LogP contribution is -2.46. The van der Waals surface area contributed by atoms with Crippen LogP contribution in [0.3, 0.4) is 0 Å². The van der Waals surface area contributed by atoms with Crippen molar-refractivity contribution in [2.75, 3.05) is 49.5 Å². The average Bonchev–Trinajstić information content (AvgIpc) is 2.69. The average molecular weight is 372 g/mol. The fourth-order valence-corrected chi connectivity index (χ4v) is 3.12. The second kappa shape index (κ2) is 8.63. The molecular formula is C18H24N6O3. The summed E-state index contributed by atoms with van der Waals surface area (Å²) >= 11 is 0. The topological polar surface area (TPSA) is 96.7 Å². The standard InChI is InChI=1S/C18H24N6O3/c1-3-22-9-11-23(12-10-22)18-16(24(25)26)17(19-13-20-18)21-14-7-5-6-8-15(14)27-4-2/h5-8,13H,3-4,9-12H2,1-2H3,(H,19,20,21). The van der Waals surface area contributed by atoms with Crippen molar-refractivity contribution < 1.29 is 9.66 Å². The van der Waals surface area contributed by atoms with Gasteiger partial charge in [0.05, 0.1) is 17.2 Å². The van der Waals surface area contributed by atoms with E-state index in [2.05, 4.69) is 27.1 Å². The Bertz CT molecular complexity index is 792. The normalized spacial score (nSPS) is 14.8. The Morgan fingerprint density at radius 3 is 2.59 bits per heavy atom. The highest BCUT2D eigenvalue weighted by Crippen LogP contribution is 2.36. The van der Waals surface area contributed by atoms with Crippen LogP contribution in [0.15, 0.2) is 30.6 Å². The van der Waals surface area contributed by atoms with E-state index < -0.39 is 4.92 Å². The molecule has 0 atom stereocenters. The molecule has 1 N–H and O–H groups in total. The summed E-state index contributed by atoms with van der Waals surface area (Å²) in [6.07, 6.45) is 1.36. The minimum Gasteiger partial charge on any atom is -0.492 e. The van der Waals surface area contributed by atoms with Gasteiger partial charge in [-0.05, 0) is 25.6 Å². The minimum absolute atomic E-state index is 0.117. The second-order valence-corrected chi connectivity index (χ2v) is 6.13. The van der Waals surface area contributed by atoms with Gasteiger partial charge in [0, 0.05) is 26.2 Å². The number of aromatic nitrogens is 2. The number of benzene rings is 1. The molecule has 2 heterocycles. The maximum Gasteiger partial charge on any atom is 0.353 e. The molecule has 3 rings (SSSR count). The largest absolute Gasteiger partial charge is 0.492 e. The summed E-state index contributed by atoms with van der Waals surface area (Å²) in [5.41, 5.74) is 0.511. The van der Waals surface area contributed by atoms with Crippen molar-refractivity contribution in [2.45, 2.75) is 13.8 Å². The molecule has 1 fully saturated rings. The van der Waals surface area contributed by atoms with Gasteiger partial charge in [-0.15, -0.1) is 0 Å². The predicted molar refractivity (Wildman–Crippen MR) is 104 cm³/mol. The molecule has 2 aromatic rings. The number of nitrogens with one attached hydrogen (secondary N) is 1. The van der Waals surface area contributed by atoms with Crippen LogP contribution in [-0.2, 0) is 0 Å². The molecule has 144 valence electrons. The highest BCUT2D eigenvalue weighted by atomic mass is 16.6. The molecule has 9 nitrogen and oxygen atoms in total. The number of ether oxygens (including phenoxy) is 1. The molecule has 0 bridgehead atoms. The smallest absolute Gasteiger partial charge is 0.353 e. The third kappa shape index (κ3) is 4.25. The van der Waals surface area contributed by atoms with E-state index in [1.165, 1.54) is 6.33 Å². The number of likely N-dealkylation sites (N-methyl/N-ethyl adjacent to an activating group) is 1. The van der Waals surface area contributed by atoms with Gasteiger partial charge in [0.25, 0.3) is 0 Å². The third-order valence-corrected chi connectivity index (χ3v) is 4.54. The second-order valence-electron chi connectivity index (χ2n) is 6.13. The first-order valence-corrected chi connectivity index (χ1v) is 9.09.